The Labute approximate surface area is 165 Å². The van der Waals surface area contributed by atoms with E-state index in [2.05, 4.69) is 28.4 Å². The number of hydrogen-bond acceptors (Lipinski definition) is 4. The Morgan fingerprint density at radius 1 is 1.58 bits per heavy atom. The number of rotatable bonds is 4. The van der Waals surface area contributed by atoms with Gasteiger partial charge in [-0.15, -0.1) is 24.0 Å². The predicted octanol–water partition coefficient (Wildman–Crippen LogP) is 1.66. The van der Waals surface area contributed by atoms with Crippen molar-refractivity contribution >= 4 is 41.7 Å². The van der Waals surface area contributed by atoms with E-state index in [9.17, 15) is 5.11 Å². The van der Waals surface area contributed by atoms with Gasteiger partial charge in [-0.1, -0.05) is 0 Å². The lowest BCUT2D eigenvalue weighted by molar-refractivity contribution is 0.0776. The highest BCUT2D eigenvalue weighted by Gasteiger charge is 2.32. The molecule has 0 spiro atoms. The zero-order valence-corrected chi connectivity index (χ0v) is 17.6. The molecule has 2 aliphatic heterocycles. The van der Waals surface area contributed by atoms with Crippen molar-refractivity contribution in [1.82, 2.24) is 20.0 Å². The fourth-order valence-electron chi connectivity index (χ4n) is 3.24. The maximum absolute atomic E-state index is 10.5. The Kier molecular flexibility index (Phi) is 7.23. The molecular formula is C16H28IN5OS. The van der Waals surface area contributed by atoms with Crippen molar-refractivity contribution in [2.24, 2.45) is 12.0 Å². The topological polar surface area (TPSA) is 65.7 Å². The van der Waals surface area contributed by atoms with Crippen molar-refractivity contribution in [3.8, 4) is 0 Å². The highest BCUT2D eigenvalue weighted by molar-refractivity contribution is 14.0. The minimum absolute atomic E-state index is 0. The van der Waals surface area contributed by atoms with Crippen LogP contribution in [0.2, 0.25) is 0 Å². The average molecular weight is 465 g/mol. The number of likely N-dealkylation sites (tertiary alicyclic amines) is 1. The van der Waals surface area contributed by atoms with Gasteiger partial charge in [-0.25, -0.2) is 0 Å². The Hall–Kier alpha value is -0.480. The molecule has 2 saturated heterocycles. The van der Waals surface area contributed by atoms with Crippen LogP contribution in [-0.2, 0) is 7.05 Å². The van der Waals surface area contributed by atoms with E-state index in [1.807, 2.05) is 29.7 Å². The molecule has 2 fully saturated rings. The summed E-state index contributed by atoms with van der Waals surface area (Å²) in [6.07, 6.45) is 6.04. The van der Waals surface area contributed by atoms with Crippen LogP contribution in [0.1, 0.15) is 31.2 Å². The lowest BCUT2D eigenvalue weighted by Crippen LogP contribution is -2.42. The molecule has 0 aromatic carbocycles. The van der Waals surface area contributed by atoms with Gasteiger partial charge in [0.15, 0.2) is 5.96 Å². The van der Waals surface area contributed by atoms with Crippen LogP contribution in [0.25, 0.3) is 0 Å². The summed E-state index contributed by atoms with van der Waals surface area (Å²) >= 11 is 1.82. The summed E-state index contributed by atoms with van der Waals surface area (Å²) in [6, 6.07) is 0. The highest BCUT2D eigenvalue weighted by Crippen LogP contribution is 2.29. The third-order valence-corrected chi connectivity index (χ3v) is 5.86. The molecule has 0 aliphatic carbocycles. The summed E-state index contributed by atoms with van der Waals surface area (Å²) < 4.78 is 1.87. The van der Waals surface area contributed by atoms with E-state index in [1.165, 1.54) is 5.56 Å². The first-order valence-corrected chi connectivity index (χ1v) is 9.57. The zero-order valence-electron chi connectivity index (χ0n) is 14.4. The molecule has 1 aromatic rings. The standard InChI is InChI=1S/C16H27N5OS.HI/c1-3-17-15(18-11-16(22)5-7-23-12-16)21-6-4-13(10-21)14-8-19-20(2)9-14;/h8-9,13,22H,3-7,10-12H2,1-2H3,(H,17,18);1H. The third kappa shape index (κ3) is 4.78. The van der Waals surface area contributed by atoms with E-state index in [0.29, 0.717) is 12.5 Å². The molecule has 2 aliphatic rings. The summed E-state index contributed by atoms with van der Waals surface area (Å²) in [5.41, 5.74) is 0.685. The summed E-state index contributed by atoms with van der Waals surface area (Å²) in [5, 5.41) is 18.2. The normalized spacial score (nSPS) is 27.4. The van der Waals surface area contributed by atoms with Crippen LogP contribution in [0.3, 0.4) is 0 Å². The van der Waals surface area contributed by atoms with Gasteiger partial charge in [0, 0.05) is 44.5 Å². The molecule has 136 valence electrons. The first kappa shape index (κ1) is 19.8. The molecule has 0 bridgehead atoms. The molecule has 2 unspecified atom stereocenters. The van der Waals surface area contributed by atoms with Crippen molar-refractivity contribution in [2.45, 2.75) is 31.3 Å². The zero-order chi connectivity index (χ0) is 16.3. The molecule has 2 N–H and O–H groups in total. The predicted molar refractivity (Wildman–Crippen MR) is 110 cm³/mol. The van der Waals surface area contributed by atoms with Gasteiger partial charge in [-0.2, -0.15) is 16.9 Å². The summed E-state index contributed by atoms with van der Waals surface area (Å²) in [7, 11) is 1.96. The molecular weight excluding hydrogens is 437 g/mol. The van der Waals surface area contributed by atoms with Crippen LogP contribution in [0, 0.1) is 0 Å². The van der Waals surface area contributed by atoms with Crippen LogP contribution in [0.15, 0.2) is 17.4 Å². The lowest BCUT2D eigenvalue weighted by Gasteiger charge is -2.24. The quantitative estimate of drug-likeness (QED) is 0.403. The summed E-state index contributed by atoms with van der Waals surface area (Å²) in [5.74, 6) is 3.28. The average Bonchev–Trinajstić information content (AvgIpc) is 3.24. The van der Waals surface area contributed by atoms with Crippen LogP contribution < -0.4 is 5.32 Å². The largest absolute Gasteiger partial charge is 0.387 e. The third-order valence-electron chi connectivity index (χ3n) is 4.62. The highest BCUT2D eigenvalue weighted by atomic mass is 127. The van der Waals surface area contributed by atoms with Gasteiger partial charge in [-0.3, -0.25) is 9.67 Å². The van der Waals surface area contributed by atoms with Gasteiger partial charge in [-0.05, 0) is 31.1 Å². The van der Waals surface area contributed by atoms with E-state index < -0.39 is 5.60 Å². The van der Waals surface area contributed by atoms with E-state index in [-0.39, 0.29) is 24.0 Å². The first-order valence-electron chi connectivity index (χ1n) is 8.41. The van der Waals surface area contributed by atoms with Gasteiger partial charge in [0.05, 0.1) is 18.3 Å². The van der Waals surface area contributed by atoms with Crippen LogP contribution in [-0.4, -0.2) is 69.0 Å². The van der Waals surface area contributed by atoms with Gasteiger partial charge in [0.2, 0.25) is 0 Å². The SMILES string of the molecule is CCNC(=NCC1(O)CCSC1)N1CCC(c2cnn(C)c2)C1.I. The van der Waals surface area contributed by atoms with Gasteiger partial charge in [0.25, 0.3) is 0 Å². The van der Waals surface area contributed by atoms with E-state index in [0.717, 1.165) is 49.9 Å². The minimum atomic E-state index is -0.617. The van der Waals surface area contributed by atoms with Crippen molar-refractivity contribution in [2.75, 3.05) is 37.7 Å². The van der Waals surface area contributed by atoms with Crippen LogP contribution >= 0.6 is 35.7 Å². The second-order valence-electron chi connectivity index (χ2n) is 6.58. The van der Waals surface area contributed by atoms with Gasteiger partial charge < -0.3 is 15.3 Å². The number of aryl methyl sites for hydroxylation is 1. The molecule has 0 saturated carbocycles. The lowest BCUT2D eigenvalue weighted by atomic mass is 10.0. The summed E-state index contributed by atoms with van der Waals surface area (Å²) in [4.78, 5) is 7.04. The number of aliphatic imine (C=N–C) groups is 1. The molecule has 6 nitrogen and oxygen atoms in total. The fraction of sp³-hybridized carbons (Fsp3) is 0.750. The molecule has 0 radical (unpaired) electrons. The summed E-state index contributed by atoms with van der Waals surface area (Å²) in [6.45, 7) is 5.39. The van der Waals surface area contributed by atoms with E-state index >= 15 is 0 Å². The molecule has 3 rings (SSSR count). The van der Waals surface area contributed by atoms with Crippen molar-refractivity contribution in [3.05, 3.63) is 18.0 Å². The Morgan fingerprint density at radius 3 is 3.04 bits per heavy atom. The molecule has 0 amide bonds. The number of halogens is 1. The van der Waals surface area contributed by atoms with Gasteiger partial charge >= 0.3 is 0 Å². The van der Waals surface area contributed by atoms with Crippen molar-refractivity contribution in [3.63, 3.8) is 0 Å². The van der Waals surface area contributed by atoms with Crippen LogP contribution in [0.4, 0.5) is 0 Å². The first-order chi connectivity index (χ1) is 11.1. The number of aliphatic hydroxyl groups is 1. The molecule has 3 heterocycles. The second kappa shape index (κ2) is 8.75. The Balaban J connectivity index is 0.00000208. The fourth-order valence-corrected chi connectivity index (χ4v) is 4.53. The van der Waals surface area contributed by atoms with E-state index in [1.54, 1.807) is 0 Å². The number of thioether (sulfide) groups is 1. The number of guanidine groups is 1. The molecule has 24 heavy (non-hydrogen) atoms. The number of aromatic nitrogens is 2. The minimum Gasteiger partial charge on any atom is -0.387 e. The Morgan fingerprint density at radius 2 is 2.42 bits per heavy atom. The number of nitrogens with one attached hydrogen (secondary N) is 1. The maximum atomic E-state index is 10.5. The smallest absolute Gasteiger partial charge is 0.194 e. The number of nitrogens with zero attached hydrogens (tertiary/aromatic N) is 4. The molecule has 2 atom stereocenters. The molecule has 8 heteroatoms. The maximum Gasteiger partial charge on any atom is 0.194 e. The van der Waals surface area contributed by atoms with E-state index in [4.69, 9.17) is 4.99 Å². The van der Waals surface area contributed by atoms with Crippen LogP contribution in [0.5, 0.6) is 0 Å². The monoisotopic (exact) mass is 465 g/mol. The molecule has 1 aromatic heterocycles. The number of hydrogen-bond donors (Lipinski definition) is 2. The van der Waals surface area contributed by atoms with Crippen molar-refractivity contribution in [1.29, 1.82) is 0 Å². The van der Waals surface area contributed by atoms with Gasteiger partial charge in [0.1, 0.15) is 0 Å². The Bertz CT molecular complexity index is 558. The van der Waals surface area contributed by atoms with Crippen molar-refractivity contribution < 1.29 is 5.11 Å². The second-order valence-corrected chi connectivity index (χ2v) is 7.68.